The summed E-state index contributed by atoms with van der Waals surface area (Å²) in [6, 6.07) is 15.3. The number of ether oxygens (including phenoxy) is 1. The molecule has 0 aliphatic rings. The van der Waals surface area contributed by atoms with Crippen LogP contribution in [0.2, 0.25) is 0 Å². The molecule has 140 valence electrons. The standard InChI is InChI=1S/C20H21N3O3S/c1-22(12-6-11-19(24)26-2)20(25)17-14-16(18-10-7-13-27-18)21-23(17)15-8-4-3-5-9-15/h3-5,7-10,13-14H,6,11-12H2,1-2H3. The van der Waals surface area contributed by atoms with E-state index in [1.807, 2.05) is 53.9 Å². The molecule has 0 aliphatic heterocycles. The zero-order valence-corrected chi connectivity index (χ0v) is 16.1. The Morgan fingerprint density at radius 1 is 1.19 bits per heavy atom. The van der Waals surface area contributed by atoms with E-state index < -0.39 is 0 Å². The summed E-state index contributed by atoms with van der Waals surface area (Å²) in [5, 5.41) is 6.64. The van der Waals surface area contributed by atoms with E-state index in [9.17, 15) is 9.59 Å². The number of hydrogen-bond acceptors (Lipinski definition) is 5. The van der Waals surface area contributed by atoms with Crippen LogP contribution in [-0.2, 0) is 9.53 Å². The van der Waals surface area contributed by atoms with Crippen molar-refractivity contribution in [2.75, 3.05) is 20.7 Å². The molecular weight excluding hydrogens is 362 g/mol. The van der Waals surface area contributed by atoms with Gasteiger partial charge in [-0.05, 0) is 36.1 Å². The lowest BCUT2D eigenvalue weighted by Crippen LogP contribution is -2.30. The number of carbonyl (C=O) groups is 2. The molecular formula is C20H21N3O3S. The number of benzene rings is 1. The first-order valence-corrected chi connectivity index (χ1v) is 9.49. The maximum atomic E-state index is 13.0. The molecule has 0 saturated heterocycles. The summed E-state index contributed by atoms with van der Waals surface area (Å²) in [7, 11) is 3.09. The smallest absolute Gasteiger partial charge is 0.305 e. The lowest BCUT2D eigenvalue weighted by molar-refractivity contribution is -0.140. The summed E-state index contributed by atoms with van der Waals surface area (Å²) in [4.78, 5) is 26.9. The molecule has 0 fully saturated rings. The number of hydrogen-bond donors (Lipinski definition) is 0. The topological polar surface area (TPSA) is 64.4 Å². The van der Waals surface area contributed by atoms with Gasteiger partial charge in [0.1, 0.15) is 11.4 Å². The van der Waals surface area contributed by atoms with Crippen LogP contribution in [0.4, 0.5) is 0 Å². The molecule has 3 aromatic rings. The maximum absolute atomic E-state index is 13.0. The van der Waals surface area contributed by atoms with Crippen molar-refractivity contribution in [3.8, 4) is 16.3 Å². The lowest BCUT2D eigenvalue weighted by Gasteiger charge is -2.17. The molecule has 0 spiro atoms. The molecule has 7 heteroatoms. The zero-order chi connectivity index (χ0) is 19.2. The maximum Gasteiger partial charge on any atom is 0.305 e. The van der Waals surface area contributed by atoms with Gasteiger partial charge < -0.3 is 9.64 Å². The number of thiophene rings is 1. The molecule has 0 atom stereocenters. The number of methoxy groups -OCH3 is 1. The van der Waals surface area contributed by atoms with Crippen LogP contribution < -0.4 is 0 Å². The van der Waals surface area contributed by atoms with Crippen LogP contribution in [0.25, 0.3) is 16.3 Å². The molecule has 0 saturated carbocycles. The SMILES string of the molecule is COC(=O)CCCN(C)C(=O)c1cc(-c2cccs2)nn1-c1ccccc1. The van der Waals surface area contributed by atoms with Gasteiger partial charge in [-0.1, -0.05) is 24.3 Å². The molecule has 3 rings (SSSR count). The number of aromatic nitrogens is 2. The third kappa shape index (κ3) is 4.43. The first-order chi connectivity index (χ1) is 13.1. The Kier molecular flexibility index (Phi) is 6.03. The highest BCUT2D eigenvalue weighted by atomic mass is 32.1. The normalized spacial score (nSPS) is 10.6. The van der Waals surface area contributed by atoms with Crippen molar-refractivity contribution in [2.45, 2.75) is 12.8 Å². The highest BCUT2D eigenvalue weighted by molar-refractivity contribution is 7.13. The van der Waals surface area contributed by atoms with Gasteiger partial charge >= 0.3 is 5.97 Å². The summed E-state index contributed by atoms with van der Waals surface area (Å²) in [6.07, 6.45) is 0.832. The average Bonchev–Trinajstić information content (AvgIpc) is 3.37. The molecule has 27 heavy (non-hydrogen) atoms. The van der Waals surface area contributed by atoms with E-state index >= 15 is 0 Å². The van der Waals surface area contributed by atoms with Crippen LogP contribution >= 0.6 is 11.3 Å². The van der Waals surface area contributed by atoms with Crippen molar-refractivity contribution in [3.63, 3.8) is 0 Å². The predicted octanol–water partition coefficient (Wildman–Crippen LogP) is 3.63. The molecule has 1 amide bonds. The number of amides is 1. The minimum Gasteiger partial charge on any atom is -0.469 e. The number of rotatable bonds is 7. The largest absolute Gasteiger partial charge is 0.469 e. The van der Waals surface area contributed by atoms with E-state index in [1.165, 1.54) is 7.11 Å². The number of para-hydroxylation sites is 1. The van der Waals surface area contributed by atoms with Gasteiger partial charge in [0, 0.05) is 20.0 Å². The minimum atomic E-state index is -0.273. The first kappa shape index (κ1) is 18.8. The Bertz CT molecular complexity index is 904. The van der Waals surface area contributed by atoms with E-state index in [4.69, 9.17) is 0 Å². The first-order valence-electron chi connectivity index (χ1n) is 8.62. The quantitative estimate of drug-likeness (QED) is 0.585. The summed E-state index contributed by atoms with van der Waals surface area (Å²) in [5.74, 6) is -0.413. The molecule has 0 N–H and O–H groups in total. The third-order valence-electron chi connectivity index (χ3n) is 4.15. The van der Waals surface area contributed by atoms with E-state index in [0.717, 1.165) is 16.3 Å². The molecule has 0 bridgehead atoms. The Labute approximate surface area is 162 Å². The van der Waals surface area contributed by atoms with Gasteiger partial charge in [0.25, 0.3) is 5.91 Å². The number of carbonyl (C=O) groups excluding carboxylic acids is 2. The summed E-state index contributed by atoms with van der Waals surface area (Å²) >= 11 is 1.58. The fourth-order valence-electron chi connectivity index (χ4n) is 2.70. The Morgan fingerprint density at radius 2 is 1.96 bits per heavy atom. The minimum absolute atomic E-state index is 0.140. The van der Waals surface area contributed by atoms with Gasteiger partial charge in [0.05, 0.1) is 17.7 Å². The van der Waals surface area contributed by atoms with Crippen LogP contribution in [0.15, 0.2) is 53.9 Å². The van der Waals surface area contributed by atoms with E-state index in [0.29, 0.717) is 18.7 Å². The predicted molar refractivity (Wildman–Crippen MR) is 105 cm³/mol. The molecule has 1 aromatic carbocycles. The van der Waals surface area contributed by atoms with Gasteiger partial charge in [0.2, 0.25) is 0 Å². The van der Waals surface area contributed by atoms with E-state index in [2.05, 4.69) is 9.84 Å². The highest BCUT2D eigenvalue weighted by Crippen LogP contribution is 2.26. The summed E-state index contributed by atoms with van der Waals surface area (Å²) < 4.78 is 6.32. The fourth-order valence-corrected chi connectivity index (χ4v) is 3.39. The van der Waals surface area contributed by atoms with Gasteiger partial charge in [0.15, 0.2) is 0 Å². The third-order valence-corrected chi connectivity index (χ3v) is 5.04. The molecule has 6 nitrogen and oxygen atoms in total. The monoisotopic (exact) mass is 383 g/mol. The van der Waals surface area contributed by atoms with Crippen molar-refractivity contribution in [1.29, 1.82) is 0 Å². The second kappa shape index (κ2) is 8.64. The number of esters is 1. The molecule has 2 aromatic heterocycles. The van der Waals surface area contributed by atoms with Gasteiger partial charge in [-0.15, -0.1) is 11.3 Å². The van der Waals surface area contributed by atoms with Crippen molar-refractivity contribution >= 4 is 23.2 Å². The van der Waals surface area contributed by atoms with E-state index in [1.54, 1.807) is 28.0 Å². The zero-order valence-electron chi connectivity index (χ0n) is 15.3. The van der Waals surface area contributed by atoms with Crippen LogP contribution in [0.3, 0.4) is 0 Å². The second-order valence-electron chi connectivity index (χ2n) is 6.05. The lowest BCUT2D eigenvalue weighted by atomic mass is 10.2. The van der Waals surface area contributed by atoms with E-state index in [-0.39, 0.29) is 18.3 Å². The highest BCUT2D eigenvalue weighted by Gasteiger charge is 2.21. The second-order valence-corrected chi connectivity index (χ2v) is 6.99. The number of nitrogens with zero attached hydrogens (tertiary/aromatic N) is 3. The summed E-state index contributed by atoms with van der Waals surface area (Å²) in [5.41, 5.74) is 2.08. The van der Waals surface area contributed by atoms with Crippen LogP contribution in [0, 0.1) is 0 Å². The van der Waals surface area contributed by atoms with Crippen molar-refractivity contribution < 1.29 is 14.3 Å². The van der Waals surface area contributed by atoms with Crippen molar-refractivity contribution in [2.24, 2.45) is 0 Å². The van der Waals surface area contributed by atoms with Crippen molar-refractivity contribution in [1.82, 2.24) is 14.7 Å². The van der Waals surface area contributed by atoms with Gasteiger partial charge in [-0.25, -0.2) is 4.68 Å². The van der Waals surface area contributed by atoms with Crippen LogP contribution in [0.1, 0.15) is 23.3 Å². The average molecular weight is 383 g/mol. The van der Waals surface area contributed by atoms with Gasteiger partial charge in [-0.3, -0.25) is 9.59 Å². The van der Waals surface area contributed by atoms with Crippen molar-refractivity contribution in [3.05, 3.63) is 59.6 Å². The van der Waals surface area contributed by atoms with Crippen LogP contribution in [-0.4, -0.2) is 47.3 Å². The molecule has 0 unspecified atom stereocenters. The molecule has 0 aliphatic carbocycles. The molecule has 2 heterocycles. The van der Waals surface area contributed by atoms with Gasteiger partial charge in [-0.2, -0.15) is 5.10 Å². The fraction of sp³-hybridized carbons (Fsp3) is 0.250. The Hall–Kier alpha value is -2.93. The van der Waals surface area contributed by atoms with Crippen LogP contribution in [0.5, 0.6) is 0 Å². The Balaban J connectivity index is 1.86. The molecule has 0 radical (unpaired) electrons. The summed E-state index contributed by atoms with van der Waals surface area (Å²) in [6.45, 7) is 0.461. The Morgan fingerprint density at radius 3 is 2.63 bits per heavy atom.